The molecule has 1 N–H and O–H groups in total. The Morgan fingerprint density at radius 1 is 1.28 bits per heavy atom. The Kier molecular flexibility index (Phi) is 8.84. The van der Waals surface area contributed by atoms with E-state index in [-0.39, 0.29) is 11.7 Å². The maximum atomic E-state index is 11.8. The summed E-state index contributed by atoms with van der Waals surface area (Å²) in [7, 11) is -0.562. The summed E-state index contributed by atoms with van der Waals surface area (Å²) in [6.45, 7) is 15.5. The number of aliphatic hydroxyl groups is 1. The molecule has 1 rings (SSSR count). The molecule has 5 nitrogen and oxygen atoms in total. The molecule has 1 aromatic rings. The van der Waals surface area contributed by atoms with E-state index in [4.69, 9.17) is 4.74 Å². The zero-order valence-electron chi connectivity index (χ0n) is 16.4. The molecule has 142 valence electrons. The van der Waals surface area contributed by atoms with Crippen LogP contribution in [0.2, 0.25) is 16.6 Å². The van der Waals surface area contributed by atoms with Crippen LogP contribution >= 0.6 is 15.9 Å². The summed E-state index contributed by atoms with van der Waals surface area (Å²) < 4.78 is 7.33. The number of esters is 1. The fourth-order valence-corrected chi connectivity index (χ4v) is 8.38. The van der Waals surface area contributed by atoms with Crippen LogP contribution < -0.4 is 0 Å². The summed E-state index contributed by atoms with van der Waals surface area (Å²) >= 11 is 3.39. The number of hydrogen-bond acceptors (Lipinski definition) is 4. The summed E-state index contributed by atoms with van der Waals surface area (Å²) in [5.41, 5.74) is 2.13. The van der Waals surface area contributed by atoms with Crippen molar-refractivity contribution in [2.75, 3.05) is 6.61 Å². The lowest BCUT2D eigenvalue weighted by Crippen LogP contribution is -2.31. The van der Waals surface area contributed by atoms with Gasteiger partial charge < -0.3 is 14.4 Å². The van der Waals surface area contributed by atoms with E-state index in [1.54, 1.807) is 17.7 Å². The predicted octanol–water partition coefficient (Wildman–Crippen LogP) is 4.84. The molecule has 2 unspecified atom stereocenters. The second-order valence-corrected chi connectivity index (χ2v) is 12.3. The molecule has 7 heteroatoms. The van der Waals surface area contributed by atoms with Crippen molar-refractivity contribution >= 4 is 30.7 Å². The van der Waals surface area contributed by atoms with Crippen LogP contribution in [0.5, 0.6) is 0 Å². The topological polar surface area (TPSA) is 64.3 Å². The van der Waals surface area contributed by atoms with Gasteiger partial charge in [-0.2, -0.15) is 0 Å². The van der Waals surface area contributed by atoms with Crippen molar-refractivity contribution in [3.63, 3.8) is 0 Å². The van der Waals surface area contributed by atoms with Crippen molar-refractivity contribution in [1.82, 2.24) is 9.55 Å². The van der Waals surface area contributed by atoms with Crippen LogP contribution in [-0.4, -0.2) is 42.1 Å². The van der Waals surface area contributed by atoms with Gasteiger partial charge >= 0.3 is 14.8 Å². The molecule has 0 radical (unpaired) electrons. The number of aromatic nitrogens is 2. The molecular weight excluding hydrogens is 400 g/mol. The first-order valence-corrected chi connectivity index (χ1v) is 11.6. The van der Waals surface area contributed by atoms with E-state index in [0.29, 0.717) is 28.0 Å². The molecule has 1 aromatic heterocycles. The first-order valence-electron chi connectivity index (χ1n) is 9.06. The summed E-state index contributed by atoms with van der Waals surface area (Å²) in [4.78, 5) is 16.0. The molecule has 0 fully saturated rings. The molecule has 0 aromatic carbocycles. The van der Waals surface area contributed by atoms with Gasteiger partial charge in [-0.3, -0.25) is 0 Å². The van der Waals surface area contributed by atoms with Crippen molar-refractivity contribution in [3.8, 4) is 0 Å². The second kappa shape index (κ2) is 9.88. The van der Waals surface area contributed by atoms with Gasteiger partial charge in [-0.25, -0.2) is 9.78 Å². The third kappa shape index (κ3) is 5.93. The van der Waals surface area contributed by atoms with Crippen LogP contribution in [0.4, 0.5) is 0 Å². The van der Waals surface area contributed by atoms with Gasteiger partial charge in [0.05, 0.1) is 35.4 Å². The second-order valence-electron chi connectivity index (χ2n) is 7.28. The predicted molar refractivity (Wildman–Crippen MR) is 107 cm³/mol. The summed E-state index contributed by atoms with van der Waals surface area (Å²) in [5.74, 6) is -0.442. The smallest absolute Gasteiger partial charge is 0.358 e. The zero-order chi connectivity index (χ0) is 19.3. The molecule has 0 aliphatic rings. The van der Waals surface area contributed by atoms with Crippen LogP contribution in [-0.2, 0) is 4.74 Å². The Balaban J connectivity index is 2.85. The van der Waals surface area contributed by atoms with E-state index in [1.165, 1.54) is 0 Å². The lowest BCUT2D eigenvalue weighted by molar-refractivity contribution is 0.0519. The highest BCUT2D eigenvalue weighted by Gasteiger charge is 2.42. The van der Waals surface area contributed by atoms with Gasteiger partial charge in [0.15, 0.2) is 10.4 Å². The lowest BCUT2D eigenvalue weighted by Gasteiger charge is -2.24. The number of nitrogens with zero attached hydrogens (tertiary/aromatic N) is 2. The average Bonchev–Trinajstić information content (AvgIpc) is 2.87. The van der Waals surface area contributed by atoms with Gasteiger partial charge in [-0.15, -0.1) is 0 Å². The molecule has 25 heavy (non-hydrogen) atoms. The number of halogens is 1. The first-order chi connectivity index (χ1) is 11.6. The van der Waals surface area contributed by atoms with Crippen LogP contribution in [0.25, 0.3) is 0 Å². The highest BCUT2D eigenvalue weighted by molar-refractivity contribution is 9.10. The Hall–Kier alpha value is -0.663. The molecule has 3 atom stereocenters. The molecule has 0 aliphatic carbocycles. The van der Waals surface area contributed by atoms with Crippen molar-refractivity contribution in [2.24, 2.45) is 0 Å². The summed E-state index contributed by atoms with van der Waals surface area (Å²) in [5, 5.41) is 10.8. The van der Waals surface area contributed by atoms with Crippen molar-refractivity contribution in [2.45, 2.75) is 83.7 Å². The van der Waals surface area contributed by atoms with Gasteiger partial charge in [0.25, 0.3) is 0 Å². The van der Waals surface area contributed by atoms with E-state index in [9.17, 15) is 9.90 Å². The fraction of sp³-hybridized carbons (Fsp3) is 0.778. The quantitative estimate of drug-likeness (QED) is 0.448. The third-order valence-electron chi connectivity index (χ3n) is 4.66. The average molecular weight is 432 g/mol. The maximum absolute atomic E-state index is 11.8. The standard InChI is InChI=1S/C18H32BrN2O3Si/c1-8-24-17(23)15-10-21(18(19)20-15)14(7)16(22)9-13(6)25(11(2)3)12(4)5/h10-14,16,22H,8-9H2,1-7H3/q+1/t13?,14-,16?/m0/s1. The minimum Gasteiger partial charge on any atom is -0.461 e. The molecule has 0 saturated heterocycles. The highest BCUT2D eigenvalue weighted by Crippen LogP contribution is 2.35. The minimum atomic E-state index is -0.562. The minimum absolute atomic E-state index is 0.171. The number of imidazole rings is 1. The van der Waals surface area contributed by atoms with Crippen LogP contribution in [0, 0.1) is 0 Å². The number of ether oxygens (including phenoxy) is 1. The molecule has 0 bridgehead atoms. The number of aliphatic hydroxyl groups excluding tert-OH is 1. The number of carbonyl (C=O) groups is 1. The highest BCUT2D eigenvalue weighted by atomic mass is 79.9. The van der Waals surface area contributed by atoms with E-state index in [0.717, 1.165) is 6.42 Å². The molecule has 1 heterocycles. The summed E-state index contributed by atoms with van der Waals surface area (Å²) in [6.07, 6.45) is 1.91. The normalized spacial score (nSPS) is 15.3. The summed E-state index contributed by atoms with van der Waals surface area (Å²) in [6, 6.07) is -0.171. The Labute approximate surface area is 161 Å². The Bertz CT molecular complexity index is 555. The Morgan fingerprint density at radius 3 is 2.32 bits per heavy atom. The van der Waals surface area contributed by atoms with Gasteiger partial charge in [-0.05, 0) is 64.4 Å². The van der Waals surface area contributed by atoms with Crippen molar-refractivity contribution in [1.29, 1.82) is 0 Å². The van der Waals surface area contributed by atoms with E-state index >= 15 is 0 Å². The monoisotopic (exact) mass is 431 g/mol. The Morgan fingerprint density at radius 2 is 1.84 bits per heavy atom. The number of hydrogen-bond donors (Lipinski definition) is 1. The lowest BCUT2D eigenvalue weighted by atomic mass is 10.1. The molecule has 0 spiro atoms. The maximum Gasteiger partial charge on any atom is 0.358 e. The van der Waals surface area contributed by atoms with Crippen LogP contribution in [0.3, 0.4) is 0 Å². The first kappa shape index (κ1) is 22.4. The van der Waals surface area contributed by atoms with Gasteiger partial charge in [0.2, 0.25) is 0 Å². The molecular formula is C18H32BrN2O3Si+. The number of rotatable bonds is 9. The zero-order valence-corrected chi connectivity index (χ0v) is 19.0. The SMILES string of the molecule is CCOC(=O)c1cn([C@@H](C)C(O)CC(C)[Si+](C(C)C)C(C)C)c(Br)n1. The number of carbonyl (C=O) groups excluding carboxylic acids is 1. The molecule has 0 aliphatic heterocycles. The van der Waals surface area contributed by atoms with Gasteiger partial charge in [0, 0.05) is 12.6 Å². The largest absolute Gasteiger partial charge is 0.461 e. The molecule has 0 saturated carbocycles. The van der Waals surface area contributed by atoms with Crippen molar-refractivity contribution in [3.05, 3.63) is 16.6 Å². The molecule has 0 amide bonds. The van der Waals surface area contributed by atoms with E-state index < -0.39 is 20.9 Å². The van der Waals surface area contributed by atoms with Crippen LogP contribution in [0.15, 0.2) is 10.9 Å². The van der Waals surface area contributed by atoms with Crippen molar-refractivity contribution < 1.29 is 14.6 Å². The van der Waals surface area contributed by atoms with E-state index in [2.05, 4.69) is 55.5 Å². The third-order valence-corrected chi connectivity index (χ3v) is 9.29. The van der Waals surface area contributed by atoms with Crippen LogP contribution in [0.1, 0.15) is 71.4 Å². The van der Waals surface area contributed by atoms with Gasteiger partial charge in [-0.1, -0.05) is 0 Å². The van der Waals surface area contributed by atoms with Gasteiger partial charge in [0.1, 0.15) is 0 Å². The van der Waals surface area contributed by atoms with E-state index in [1.807, 2.05) is 6.92 Å². The fourth-order valence-electron chi connectivity index (χ4n) is 3.65.